The van der Waals surface area contributed by atoms with Gasteiger partial charge in [-0.2, -0.15) is 0 Å². The van der Waals surface area contributed by atoms with Gasteiger partial charge in [0.1, 0.15) is 11.4 Å². The molecule has 1 fully saturated rings. The molecule has 0 bridgehead atoms. The predicted octanol–water partition coefficient (Wildman–Crippen LogP) is 5.68. The highest BCUT2D eigenvalue weighted by Gasteiger charge is 2.32. The molecule has 1 aliphatic heterocycles. The van der Waals surface area contributed by atoms with Gasteiger partial charge >= 0.3 is 0 Å². The molecule has 0 radical (unpaired) electrons. The maximum atomic E-state index is 13.0. The van der Waals surface area contributed by atoms with Gasteiger partial charge in [0.2, 0.25) is 0 Å². The maximum Gasteiger partial charge on any atom is 0.267 e. The third-order valence-corrected chi connectivity index (χ3v) is 5.79. The van der Waals surface area contributed by atoms with Gasteiger partial charge in [-0.15, -0.1) is 6.58 Å². The number of thioether (sulfide) groups is 1. The number of carbonyl (C=O) groups excluding carboxylic acids is 1. The number of hydrogen-bond acceptors (Lipinski definition) is 6. The summed E-state index contributed by atoms with van der Waals surface area (Å²) in [5.74, 6) is 1.21. The number of phenols is 1. The van der Waals surface area contributed by atoms with E-state index in [9.17, 15) is 9.90 Å². The van der Waals surface area contributed by atoms with Crippen molar-refractivity contribution in [2.24, 2.45) is 4.99 Å². The number of rotatable bonds is 9. The second-order valence-electron chi connectivity index (χ2n) is 7.31. The van der Waals surface area contributed by atoms with Crippen LogP contribution in [0, 0.1) is 6.92 Å². The number of amidine groups is 1. The number of carbonyl (C=O) groups is 1. The normalized spacial score (nSPS) is 16.1. The molecule has 1 N–H and O–H groups in total. The summed E-state index contributed by atoms with van der Waals surface area (Å²) in [7, 11) is 1.60. The van der Waals surface area contributed by atoms with E-state index < -0.39 is 0 Å². The summed E-state index contributed by atoms with van der Waals surface area (Å²) in [5, 5.41) is 10.7. The van der Waals surface area contributed by atoms with Gasteiger partial charge in [-0.05, 0) is 66.6 Å². The molecule has 168 valence electrons. The van der Waals surface area contributed by atoms with E-state index in [-0.39, 0.29) is 11.7 Å². The number of aromatic hydroxyl groups is 1. The van der Waals surface area contributed by atoms with Crippen molar-refractivity contribution in [2.45, 2.75) is 26.7 Å². The highest BCUT2D eigenvalue weighted by Crippen LogP contribution is 2.37. The van der Waals surface area contributed by atoms with Crippen molar-refractivity contribution in [1.82, 2.24) is 4.90 Å². The van der Waals surface area contributed by atoms with Crippen LogP contribution in [-0.4, -0.2) is 41.3 Å². The topological polar surface area (TPSA) is 71.4 Å². The van der Waals surface area contributed by atoms with E-state index in [0.29, 0.717) is 40.4 Å². The minimum Gasteiger partial charge on any atom is -0.506 e. The van der Waals surface area contributed by atoms with E-state index in [1.807, 2.05) is 31.2 Å². The standard InChI is InChI=1S/C25H28N2O4S/c1-5-7-13-31-21-11-9-18(15-22(21)30-4)16-23-24(29)27(12-6-2)25(32-23)26-19-10-8-17(3)14-20(19)28/h6,8-11,14-16,28H,2,5,7,12-13H2,1,3-4H3/b23-16-,26-25?. The monoisotopic (exact) mass is 452 g/mol. The van der Waals surface area contributed by atoms with E-state index in [2.05, 4.69) is 18.5 Å². The smallest absolute Gasteiger partial charge is 0.267 e. The van der Waals surface area contributed by atoms with Gasteiger partial charge in [-0.1, -0.05) is 31.6 Å². The fourth-order valence-corrected chi connectivity index (χ4v) is 4.08. The van der Waals surface area contributed by atoms with Crippen LogP contribution in [0.25, 0.3) is 6.08 Å². The van der Waals surface area contributed by atoms with Crippen LogP contribution >= 0.6 is 11.8 Å². The average Bonchev–Trinajstić information content (AvgIpc) is 3.06. The molecule has 0 aromatic heterocycles. The lowest BCUT2D eigenvalue weighted by Gasteiger charge is -2.13. The fraction of sp³-hybridized carbons (Fsp3) is 0.280. The summed E-state index contributed by atoms with van der Waals surface area (Å²) >= 11 is 1.26. The van der Waals surface area contributed by atoms with Crippen molar-refractivity contribution in [1.29, 1.82) is 0 Å². The highest BCUT2D eigenvalue weighted by molar-refractivity contribution is 8.18. The van der Waals surface area contributed by atoms with E-state index in [0.717, 1.165) is 24.0 Å². The van der Waals surface area contributed by atoms with Crippen LogP contribution in [-0.2, 0) is 4.79 Å². The van der Waals surface area contributed by atoms with E-state index in [4.69, 9.17) is 9.47 Å². The zero-order valence-corrected chi connectivity index (χ0v) is 19.4. The third-order valence-electron chi connectivity index (χ3n) is 4.79. The molecule has 0 unspecified atom stereocenters. The SMILES string of the molecule is C=CCN1C(=O)/C(=C/c2ccc(OCCCC)c(OC)c2)SC1=Nc1ccc(C)cc1O. The Bertz CT molecular complexity index is 1060. The molecule has 3 rings (SSSR count). The van der Waals surface area contributed by atoms with E-state index >= 15 is 0 Å². The lowest BCUT2D eigenvalue weighted by atomic mass is 10.2. The number of nitrogens with zero attached hydrogens (tertiary/aromatic N) is 2. The number of phenolic OH excluding ortho intramolecular Hbond substituents is 1. The first-order valence-electron chi connectivity index (χ1n) is 10.5. The van der Waals surface area contributed by atoms with Crippen molar-refractivity contribution in [3.63, 3.8) is 0 Å². The Morgan fingerprint density at radius 2 is 2.03 bits per heavy atom. The number of ether oxygens (including phenoxy) is 2. The number of aliphatic imine (C=N–C) groups is 1. The van der Waals surface area contributed by atoms with Crippen molar-refractivity contribution < 1.29 is 19.4 Å². The zero-order chi connectivity index (χ0) is 23.1. The highest BCUT2D eigenvalue weighted by atomic mass is 32.2. The van der Waals surface area contributed by atoms with Gasteiger partial charge in [0.15, 0.2) is 16.7 Å². The minimum atomic E-state index is -0.164. The number of hydrogen-bond donors (Lipinski definition) is 1. The first-order valence-corrected chi connectivity index (χ1v) is 11.3. The molecule has 2 aromatic rings. The molecular formula is C25H28N2O4S. The Morgan fingerprint density at radius 3 is 2.72 bits per heavy atom. The van der Waals surface area contributed by atoms with Gasteiger partial charge in [-0.25, -0.2) is 4.99 Å². The summed E-state index contributed by atoms with van der Waals surface area (Å²) in [4.78, 5) is 19.6. The molecule has 0 aliphatic carbocycles. The Kier molecular flexibility index (Phi) is 8.00. The van der Waals surface area contributed by atoms with Crippen LogP contribution in [0.4, 0.5) is 5.69 Å². The first kappa shape index (κ1) is 23.5. The third kappa shape index (κ3) is 5.53. The van der Waals surface area contributed by atoms with Crippen molar-refractivity contribution in [3.05, 3.63) is 65.1 Å². The number of methoxy groups -OCH3 is 1. The van der Waals surface area contributed by atoms with Crippen LogP contribution in [0.3, 0.4) is 0 Å². The molecule has 0 spiro atoms. The number of unbranched alkanes of at least 4 members (excludes halogenated alkanes) is 1. The van der Waals surface area contributed by atoms with Gasteiger partial charge in [-0.3, -0.25) is 9.69 Å². The molecule has 1 amide bonds. The Hall–Kier alpha value is -3.19. The average molecular weight is 453 g/mol. The number of amides is 1. The number of benzene rings is 2. The van der Waals surface area contributed by atoms with Crippen molar-refractivity contribution >= 4 is 34.6 Å². The number of aryl methyl sites for hydroxylation is 1. The predicted molar refractivity (Wildman–Crippen MR) is 131 cm³/mol. The van der Waals surface area contributed by atoms with Crippen LogP contribution in [0.15, 0.2) is 59.0 Å². The van der Waals surface area contributed by atoms with Crippen LogP contribution in [0.5, 0.6) is 17.2 Å². The first-order chi connectivity index (χ1) is 15.5. The second kappa shape index (κ2) is 10.9. The second-order valence-corrected chi connectivity index (χ2v) is 8.32. The van der Waals surface area contributed by atoms with Crippen LogP contribution in [0.1, 0.15) is 30.9 Å². The summed E-state index contributed by atoms with van der Waals surface area (Å²) in [6.07, 6.45) is 5.48. The summed E-state index contributed by atoms with van der Waals surface area (Å²) in [6, 6.07) is 10.8. The lowest BCUT2D eigenvalue weighted by molar-refractivity contribution is -0.121. The molecule has 7 heteroatoms. The molecule has 1 heterocycles. The quantitative estimate of drug-likeness (QED) is 0.301. The largest absolute Gasteiger partial charge is 0.506 e. The Balaban J connectivity index is 1.90. The molecule has 0 atom stereocenters. The molecule has 1 saturated heterocycles. The van der Waals surface area contributed by atoms with E-state index in [1.165, 1.54) is 11.8 Å². The summed E-state index contributed by atoms with van der Waals surface area (Å²) in [5.41, 5.74) is 2.16. The zero-order valence-electron chi connectivity index (χ0n) is 18.6. The molecular weight excluding hydrogens is 424 g/mol. The summed E-state index contributed by atoms with van der Waals surface area (Å²) in [6.45, 7) is 8.70. The molecule has 6 nitrogen and oxygen atoms in total. The molecule has 0 saturated carbocycles. The molecule has 2 aromatic carbocycles. The van der Waals surface area contributed by atoms with E-state index in [1.54, 1.807) is 36.3 Å². The Labute approximate surface area is 193 Å². The maximum absolute atomic E-state index is 13.0. The minimum absolute atomic E-state index is 0.0740. The lowest BCUT2D eigenvalue weighted by Crippen LogP contribution is -2.29. The van der Waals surface area contributed by atoms with Crippen molar-refractivity contribution in [3.8, 4) is 17.2 Å². The molecule has 1 aliphatic rings. The van der Waals surface area contributed by atoms with Gasteiger partial charge in [0, 0.05) is 6.54 Å². The van der Waals surface area contributed by atoms with Gasteiger partial charge in [0.05, 0.1) is 18.6 Å². The summed E-state index contributed by atoms with van der Waals surface area (Å²) < 4.78 is 11.3. The molecule has 32 heavy (non-hydrogen) atoms. The van der Waals surface area contributed by atoms with Crippen LogP contribution in [0.2, 0.25) is 0 Å². The van der Waals surface area contributed by atoms with Gasteiger partial charge in [0.25, 0.3) is 5.91 Å². The van der Waals surface area contributed by atoms with Crippen LogP contribution < -0.4 is 9.47 Å². The fourth-order valence-electron chi connectivity index (χ4n) is 3.08. The van der Waals surface area contributed by atoms with Gasteiger partial charge < -0.3 is 14.6 Å². The Morgan fingerprint density at radius 1 is 1.22 bits per heavy atom. The van der Waals surface area contributed by atoms with Crippen molar-refractivity contribution in [2.75, 3.05) is 20.3 Å².